The Labute approximate surface area is 190 Å². The number of hydrogen-bond donors (Lipinski definition) is 3. The highest BCUT2D eigenvalue weighted by Crippen LogP contribution is 2.44. The van der Waals surface area contributed by atoms with E-state index in [0.29, 0.717) is 13.1 Å². The Hall–Kier alpha value is -2.67. The van der Waals surface area contributed by atoms with Gasteiger partial charge in [0.25, 0.3) is 0 Å². The molecule has 5 atom stereocenters. The summed E-state index contributed by atoms with van der Waals surface area (Å²) in [5, 5.41) is 14.7. The van der Waals surface area contributed by atoms with E-state index < -0.39 is 17.9 Å². The zero-order valence-corrected chi connectivity index (χ0v) is 19.0. The number of benzene rings is 1. The molecule has 7 nitrogen and oxygen atoms in total. The third kappa shape index (κ3) is 5.21. The topological polar surface area (TPSA) is 98.7 Å². The van der Waals surface area contributed by atoms with Crippen LogP contribution in [-0.4, -0.2) is 54.0 Å². The summed E-state index contributed by atoms with van der Waals surface area (Å²) in [6.45, 7) is 2.98. The fraction of sp³-hybridized carbons (Fsp3) is 0.560. The highest BCUT2D eigenvalue weighted by atomic mass is 16.3. The van der Waals surface area contributed by atoms with Crippen LogP contribution in [0.5, 0.6) is 0 Å². The largest absolute Gasteiger partial charge is 0.396 e. The number of nitrogens with one attached hydrogen (secondary N) is 2. The molecule has 0 saturated carbocycles. The average Bonchev–Trinajstić information content (AvgIpc) is 3.09. The van der Waals surface area contributed by atoms with Crippen molar-refractivity contribution in [3.05, 3.63) is 48.0 Å². The second-order valence-corrected chi connectivity index (χ2v) is 8.80. The van der Waals surface area contributed by atoms with Crippen LogP contribution in [0.3, 0.4) is 0 Å². The van der Waals surface area contributed by atoms with Gasteiger partial charge in [0.15, 0.2) is 0 Å². The third-order valence-corrected chi connectivity index (χ3v) is 6.71. The van der Waals surface area contributed by atoms with Gasteiger partial charge in [-0.05, 0) is 24.3 Å². The number of allylic oxidation sites excluding steroid dienone is 1. The third-order valence-electron chi connectivity index (χ3n) is 6.71. The van der Waals surface area contributed by atoms with Crippen molar-refractivity contribution in [2.24, 2.45) is 23.7 Å². The second-order valence-electron chi connectivity index (χ2n) is 8.80. The molecule has 1 heterocycles. The van der Waals surface area contributed by atoms with Crippen LogP contribution in [0.4, 0.5) is 0 Å². The Morgan fingerprint density at radius 1 is 1.03 bits per heavy atom. The quantitative estimate of drug-likeness (QED) is 0.381. The molecule has 2 aliphatic rings. The molecule has 0 bridgehead atoms. The van der Waals surface area contributed by atoms with E-state index in [9.17, 15) is 14.4 Å². The zero-order chi connectivity index (χ0) is 23.1. The second kappa shape index (κ2) is 11.3. The normalized spacial score (nSPS) is 26.7. The van der Waals surface area contributed by atoms with Crippen molar-refractivity contribution in [2.45, 2.75) is 45.2 Å². The van der Waals surface area contributed by atoms with Crippen molar-refractivity contribution in [2.75, 3.05) is 20.2 Å². The van der Waals surface area contributed by atoms with Gasteiger partial charge >= 0.3 is 0 Å². The van der Waals surface area contributed by atoms with Crippen LogP contribution in [0, 0.1) is 23.7 Å². The first-order valence-corrected chi connectivity index (χ1v) is 11.6. The van der Waals surface area contributed by atoms with Gasteiger partial charge in [0.1, 0.15) is 6.04 Å². The Morgan fingerprint density at radius 3 is 2.44 bits per heavy atom. The van der Waals surface area contributed by atoms with E-state index in [1.807, 2.05) is 49.4 Å². The van der Waals surface area contributed by atoms with Gasteiger partial charge < -0.3 is 20.6 Å². The highest BCUT2D eigenvalue weighted by Gasteiger charge is 2.56. The molecule has 3 amide bonds. The van der Waals surface area contributed by atoms with Crippen molar-refractivity contribution >= 4 is 17.7 Å². The maximum atomic E-state index is 13.5. The lowest BCUT2D eigenvalue weighted by Gasteiger charge is -2.32. The molecule has 3 rings (SSSR count). The number of amides is 3. The monoisotopic (exact) mass is 441 g/mol. The molecular formula is C25H35N3O4. The number of rotatable bonds is 10. The first-order chi connectivity index (χ1) is 15.5. The average molecular weight is 442 g/mol. The molecule has 1 aliphatic heterocycles. The van der Waals surface area contributed by atoms with Crippen LogP contribution in [0.15, 0.2) is 42.5 Å². The van der Waals surface area contributed by atoms with Gasteiger partial charge in [-0.1, -0.05) is 62.2 Å². The molecule has 0 radical (unpaired) electrons. The van der Waals surface area contributed by atoms with E-state index >= 15 is 0 Å². The SMILES string of the molecule is CNC(=O)[C@H]1[C@H]2C(=O)N(CCCCCCO)[C@H](C(=O)NCc3ccccc3)[C@H]2C=C[C@H]1C. The maximum Gasteiger partial charge on any atom is 0.243 e. The highest BCUT2D eigenvalue weighted by molar-refractivity contribution is 5.96. The Bertz CT molecular complexity index is 826. The molecule has 32 heavy (non-hydrogen) atoms. The number of aliphatic hydroxyl groups excluding tert-OH is 1. The minimum Gasteiger partial charge on any atom is -0.396 e. The number of carbonyl (C=O) groups is 3. The molecule has 0 aromatic heterocycles. The van der Waals surface area contributed by atoms with Crippen LogP contribution in [-0.2, 0) is 20.9 Å². The summed E-state index contributed by atoms with van der Waals surface area (Å²) in [5.41, 5.74) is 0.994. The van der Waals surface area contributed by atoms with Gasteiger partial charge in [0, 0.05) is 32.7 Å². The van der Waals surface area contributed by atoms with Gasteiger partial charge in [-0.3, -0.25) is 14.4 Å². The summed E-state index contributed by atoms with van der Waals surface area (Å²) in [7, 11) is 1.59. The van der Waals surface area contributed by atoms with Gasteiger partial charge in [-0.2, -0.15) is 0 Å². The number of carbonyl (C=O) groups excluding carboxylic acids is 3. The Kier molecular flexibility index (Phi) is 8.45. The maximum absolute atomic E-state index is 13.5. The molecule has 1 aromatic rings. The summed E-state index contributed by atoms with van der Waals surface area (Å²) in [4.78, 5) is 41.2. The summed E-state index contributed by atoms with van der Waals surface area (Å²) in [6.07, 6.45) is 7.19. The van der Waals surface area contributed by atoms with Crippen molar-refractivity contribution < 1.29 is 19.5 Å². The van der Waals surface area contributed by atoms with E-state index in [2.05, 4.69) is 10.6 Å². The number of aliphatic hydroxyl groups is 1. The summed E-state index contributed by atoms with van der Waals surface area (Å²) in [6, 6.07) is 9.06. The predicted molar refractivity (Wildman–Crippen MR) is 122 cm³/mol. The molecular weight excluding hydrogens is 406 g/mol. The Morgan fingerprint density at radius 2 is 1.75 bits per heavy atom. The lowest BCUT2D eigenvalue weighted by Crippen LogP contribution is -2.47. The molecule has 0 spiro atoms. The lowest BCUT2D eigenvalue weighted by molar-refractivity contribution is -0.140. The minimum atomic E-state index is -0.620. The number of unbranched alkanes of at least 4 members (excludes halogenated alkanes) is 3. The minimum absolute atomic E-state index is 0.0716. The Balaban J connectivity index is 1.80. The molecule has 1 saturated heterocycles. The van der Waals surface area contributed by atoms with Gasteiger partial charge in [-0.15, -0.1) is 0 Å². The van der Waals surface area contributed by atoms with E-state index in [-0.39, 0.29) is 36.2 Å². The van der Waals surface area contributed by atoms with Crippen LogP contribution < -0.4 is 10.6 Å². The fourth-order valence-corrected chi connectivity index (χ4v) is 5.04. The lowest BCUT2D eigenvalue weighted by atomic mass is 9.70. The van der Waals surface area contributed by atoms with Crippen LogP contribution in [0.1, 0.15) is 38.2 Å². The van der Waals surface area contributed by atoms with Crippen molar-refractivity contribution in [1.82, 2.24) is 15.5 Å². The molecule has 7 heteroatoms. The molecule has 0 unspecified atom stereocenters. The van der Waals surface area contributed by atoms with E-state index in [0.717, 1.165) is 31.2 Å². The number of likely N-dealkylation sites (tertiary alicyclic amines) is 1. The van der Waals surface area contributed by atoms with E-state index in [1.165, 1.54) is 0 Å². The number of hydrogen-bond acceptors (Lipinski definition) is 4. The van der Waals surface area contributed by atoms with Gasteiger partial charge in [0.05, 0.1) is 11.8 Å². The first-order valence-electron chi connectivity index (χ1n) is 11.6. The van der Waals surface area contributed by atoms with Gasteiger partial charge in [-0.25, -0.2) is 0 Å². The van der Waals surface area contributed by atoms with Crippen LogP contribution >= 0.6 is 0 Å². The predicted octanol–water partition coefficient (Wildman–Crippen LogP) is 1.87. The van der Waals surface area contributed by atoms with Crippen molar-refractivity contribution in [3.8, 4) is 0 Å². The molecule has 174 valence electrons. The van der Waals surface area contributed by atoms with E-state index in [1.54, 1.807) is 11.9 Å². The molecule has 1 aliphatic carbocycles. The summed E-state index contributed by atoms with van der Waals surface area (Å²) >= 11 is 0. The fourth-order valence-electron chi connectivity index (χ4n) is 5.04. The molecule has 1 fully saturated rings. The molecule has 3 N–H and O–H groups in total. The summed E-state index contributed by atoms with van der Waals surface area (Å²) < 4.78 is 0. The standard InChI is InChI=1S/C25H35N3O4/c1-17-12-13-19-21(20(17)23(30)26-2)25(32)28(14-8-3-4-9-15-29)22(19)24(31)27-16-18-10-6-5-7-11-18/h5-7,10-13,17,19-22,29H,3-4,8-9,14-16H2,1-2H3,(H,26,30)(H,27,31)/t17-,19+,20-,21+,22+/m1/s1. The number of fused-ring (bicyclic) bond motifs is 1. The van der Waals surface area contributed by atoms with Crippen LogP contribution in [0.25, 0.3) is 0 Å². The number of nitrogens with zero attached hydrogens (tertiary/aromatic N) is 1. The molecule has 1 aromatic carbocycles. The van der Waals surface area contributed by atoms with Crippen molar-refractivity contribution in [1.29, 1.82) is 0 Å². The van der Waals surface area contributed by atoms with E-state index in [4.69, 9.17) is 5.11 Å². The first kappa shape index (κ1) is 24.0. The summed E-state index contributed by atoms with van der Waals surface area (Å²) in [5.74, 6) is -1.85. The van der Waals surface area contributed by atoms with Crippen LogP contribution in [0.2, 0.25) is 0 Å². The van der Waals surface area contributed by atoms with Gasteiger partial charge in [0.2, 0.25) is 17.7 Å². The zero-order valence-electron chi connectivity index (χ0n) is 19.0. The smallest absolute Gasteiger partial charge is 0.243 e. The van der Waals surface area contributed by atoms with Crippen molar-refractivity contribution in [3.63, 3.8) is 0 Å².